The lowest BCUT2D eigenvalue weighted by Gasteiger charge is -2.22. The molecule has 0 aliphatic heterocycles. The average molecular weight is 314 g/mol. The molecule has 0 radical (unpaired) electrons. The summed E-state index contributed by atoms with van der Waals surface area (Å²) in [4.78, 5) is 25.2. The standard InChI is InChI=1S/C18H19FN2O2/c1-2-13-3-5-14(6-4-13)18(23)21(12-11-17(20)22)16-9-7-15(19)8-10-16/h3-10H,2,11-12H2,1H3,(H2,20,22). The van der Waals surface area contributed by atoms with Crippen LogP contribution in [0.2, 0.25) is 0 Å². The highest BCUT2D eigenvalue weighted by atomic mass is 19.1. The summed E-state index contributed by atoms with van der Waals surface area (Å²) in [5, 5.41) is 0. The zero-order chi connectivity index (χ0) is 16.8. The van der Waals surface area contributed by atoms with Crippen molar-refractivity contribution in [3.8, 4) is 0 Å². The molecule has 0 fully saturated rings. The van der Waals surface area contributed by atoms with E-state index in [9.17, 15) is 14.0 Å². The van der Waals surface area contributed by atoms with Crippen molar-refractivity contribution < 1.29 is 14.0 Å². The minimum absolute atomic E-state index is 0.0379. The van der Waals surface area contributed by atoms with E-state index < -0.39 is 5.91 Å². The number of hydrogen-bond acceptors (Lipinski definition) is 2. The third-order valence-corrected chi connectivity index (χ3v) is 3.57. The molecule has 2 aromatic carbocycles. The Hall–Kier alpha value is -2.69. The fourth-order valence-electron chi connectivity index (χ4n) is 2.23. The summed E-state index contributed by atoms with van der Waals surface area (Å²) in [5.41, 5.74) is 7.35. The van der Waals surface area contributed by atoms with Crippen LogP contribution in [0.4, 0.5) is 10.1 Å². The Morgan fingerprint density at radius 2 is 1.65 bits per heavy atom. The largest absolute Gasteiger partial charge is 0.370 e. The second-order valence-electron chi connectivity index (χ2n) is 5.20. The van der Waals surface area contributed by atoms with Crippen molar-refractivity contribution in [3.05, 3.63) is 65.5 Å². The van der Waals surface area contributed by atoms with E-state index in [1.54, 1.807) is 12.1 Å². The molecule has 4 nitrogen and oxygen atoms in total. The number of hydrogen-bond donors (Lipinski definition) is 1. The number of nitrogens with zero attached hydrogens (tertiary/aromatic N) is 1. The number of halogens is 1. The molecule has 2 rings (SSSR count). The van der Waals surface area contributed by atoms with Crippen LogP contribution < -0.4 is 10.6 Å². The van der Waals surface area contributed by atoms with Gasteiger partial charge in [-0.25, -0.2) is 4.39 Å². The molecule has 120 valence electrons. The molecule has 2 amide bonds. The molecule has 0 saturated heterocycles. The van der Waals surface area contributed by atoms with Crippen LogP contribution in [-0.2, 0) is 11.2 Å². The fraction of sp³-hybridized carbons (Fsp3) is 0.222. The number of amides is 2. The Morgan fingerprint density at radius 1 is 1.04 bits per heavy atom. The van der Waals surface area contributed by atoms with Crippen molar-refractivity contribution in [2.24, 2.45) is 5.73 Å². The van der Waals surface area contributed by atoms with Gasteiger partial charge in [0.1, 0.15) is 5.82 Å². The summed E-state index contributed by atoms with van der Waals surface area (Å²) >= 11 is 0. The zero-order valence-electron chi connectivity index (χ0n) is 13.0. The van der Waals surface area contributed by atoms with E-state index in [-0.39, 0.29) is 24.7 Å². The number of carbonyl (C=O) groups excluding carboxylic acids is 2. The zero-order valence-corrected chi connectivity index (χ0v) is 13.0. The quantitative estimate of drug-likeness (QED) is 0.891. The molecule has 0 spiro atoms. The van der Waals surface area contributed by atoms with E-state index in [0.29, 0.717) is 11.3 Å². The van der Waals surface area contributed by atoms with Gasteiger partial charge < -0.3 is 10.6 Å². The van der Waals surface area contributed by atoms with E-state index in [2.05, 4.69) is 0 Å². The monoisotopic (exact) mass is 314 g/mol. The Labute approximate surface area is 134 Å². The molecule has 0 saturated carbocycles. The highest BCUT2D eigenvalue weighted by Crippen LogP contribution is 2.19. The van der Waals surface area contributed by atoms with Crippen molar-refractivity contribution in [1.29, 1.82) is 0 Å². The first-order valence-electron chi connectivity index (χ1n) is 7.46. The molecule has 0 atom stereocenters. The van der Waals surface area contributed by atoms with Crippen LogP contribution in [0, 0.1) is 5.82 Å². The van der Waals surface area contributed by atoms with Gasteiger partial charge in [-0.05, 0) is 48.4 Å². The van der Waals surface area contributed by atoms with Gasteiger partial charge in [-0.1, -0.05) is 19.1 Å². The summed E-state index contributed by atoms with van der Waals surface area (Å²) in [5.74, 6) is -1.13. The van der Waals surface area contributed by atoms with E-state index >= 15 is 0 Å². The van der Waals surface area contributed by atoms with Gasteiger partial charge >= 0.3 is 0 Å². The number of anilines is 1. The van der Waals surface area contributed by atoms with Gasteiger partial charge in [0, 0.05) is 24.2 Å². The van der Waals surface area contributed by atoms with Crippen LogP contribution in [0.5, 0.6) is 0 Å². The Kier molecular flexibility index (Phi) is 5.46. The minimum atomic E-state index is -0.494. The first-order valence-corrected chi connectivity index (χ1v) is 7.46. The molecule has 2 aromatic rings. The van der Waals surface area contributed by atoms with Crippen LogP contribution >= 0.6 is 0 Å². The number of carbonyl (C=O) groups is 2. The first kappa shape index (κ1) is 16.7. The van der Waals surface area contributed by atoms with Crippen LogP contribution in [0.1, 0.15) is 29.3 Å². The lowest BCUT2D eigenvalue weighted by Crippen LogP contribution is -2.34. The van der Waals surface area contributed by atoms with Crippen molar-refractivity contribution in [1.82, 2.24) is 0 Å². The van der Waals surface area contributed by atoms with Crippen LogP contribution in [0.3, 0.4) is 0 Å². The van der Waals surface area contributed by atoms with Crippen LogP contribution in [-0.4, -0.2) is 18.4 Å². The van der Waals surface area contributed by atoms with Crippen molar-refractivity contribution in [2.45, 2.75) is 19.8 Å². The van der Waals surface area contributed by atoms with Gasteiger partial charge in [0.2, 0.25) is 5.91 Å². The summed E-state index contributed by atoms with van der Waals surface area (Å²) in [6.07, 6.45) is 0.925. The van der Waals surface area contributed by atoms with Crippen LogP contribution in [0.25, 0.3) is 0 Å². The molecule has 0 aromatic heterocycles. The maximum absolute atomic E-state index is 13.1. The molecule has 5 heteroatoms. The SMILES string of the molecule is CCc1ccc(C(=O)N(CCC(N)=O)c2ccc(F)cc2)cc1. The summed E-state index contributed by atoms with van der Waals surface area (Å²) in [6, 6.07) is 12.9. The lowest BCUT2D eigenvalue weighted by atomic mass is 10.1. The molecule has 23 heavy (non-hydrogen) atoms. The van der Waals surface area contributed by atoms with Gasteiger partial charge in [-0.3, -0.25) is 9.59 Å². The molecular formula is C18H19FN2O2. The maximum atomic E-state index is 13.1. The maximum Gasteiger partial charge on any atom is 0.258 e. The molecular weight excluding hydrogens is 295 g/mol. The number of nitrogens with two attached hydrogens (primary N) is 1. The molecule has 0 unspecified atom stereocenters. The number of primary amides is 1. The summed E-state index contributed by atoms with van der Waals surface area (Å²) in [7, 11) is 0. The number of aryl methyl sites for hydroxylation is 1. The van der Waals surface area contributed by atoms with E-state index in [1.165, 1.54) is 29.2 Å². The van der Waals surface area contributed by atoms with Crippen molar-refractivity contribution in [2.75, 3.05) is 11.4 Å². The number of benzene rings is 2. The first-order chi connectivity index (χ1) is 11.0. The smallest absolute Gasteiger partial charge is 0.258 e. The summed E-state index contributed by atoms with van der Waals surface area (Å²) in [6.45, 7) is 2.18. The average Bonchev–Trinajstić information content (AvgIpc) is 2.56. The molecule has 2 N–H and O–H groups in total. The Balaban J connectivity index is 2.28. The van der Waals surface area contributed by atoms with E-state index in [4.69, 9.17) is 5.73 Å². The summed E-state index contributed by atoms with van der Waals surface area (Å²) < 4.78 is 13.1. The van der Waals surface area contributed by atoms with Crippen LogP contribution in [0.15, 0.2) is 48.5 Å². The lowest BCUT2D eigenvalue weighted by molar-refractivity contribution is -0.117. The molecule has 0 bridgehead atoms. The van der Waals surface area contributed by atoms with Gasteiger partial charge in [0.05, 0.1) is 0 Å². The highest BCUT2D eigenvalue weighted by molar-refractivity contribution is 6.06. The molecule has 0 aliphatic rings. The topological polar surface area (TPSA) is 63.4 Å². The second kappa shape index (κ2) is 7.54. The van der Waals surface area contributed by atoms with E-state index in [0.717, 1.165) is 12.0 Å². The third kappa shape index (κ3) is 4.39. The Morgan fingerprint density at radius 3 is 2.17 bits per heavy atom. The predicted molar refractivity (Wildman–Crippen MR) is 87.7 cm³/mol. The normalized spacial score (nSPS) is 10.3. The third-order valence-electron chi connectivity index (χ3n) is 3.57. The van der Waals surface area contributed by atoms with Crippen molar-refractivity contribution >= 4 is 17.5 Å². The number of rotatable bonds is 6. The van der Waals surface area contributed by atoms with Gasteiger partial charge in [0.25, 0.3) is 5.91 Å². The van der Waals surface area contributed by atoms with Crippen molar-refractivity contribution in [3.63, 3.8) is 0 Å². The minimum Gasteiger partial charge on any atom is -0.370 e. The molecule has 0 aliphatic carbocycles. The predicted octanol–water partition coefficient (Wildman–Crippen LogP) is 2.91. The highest BCUT2D eigenvalue weighted by Gasteiger charge is 2.18. The van der Waals surface area contributed by atoms with Gasteiger partial charge in [-0.2, -0.15) is 0 Å². The van der Waals surface area contributed by atoms with E-state index in [1.807, 2.05) is 19.1 Å². The second-order valence-corrected chi connectivity index (χ2v) is 5.20. The van der Waals surface area contributed by atoms with Gasteiger partial charge in [0.15, 0.2) is 0 Å². The fourth-order valence-corrected chi connectivity index (χ4v) is 2.23. The molecule has 0 heterocycles. The van der Waals surface area contributed by atoms with Gasteiger partial charge in [-0.15, -0.1) is 0 Å². The Bertz CT molecular complexity index is 681.